The van der Waals surface area contributed by atoms with Crippen molar-refractivity contribution in [2.24, 2.45) is 0 Å². The smallest absolute Gasteiger partial charge is 0.134 e. The molecule has 1 aliphatic carbocycles. The highest BCUT2D eigenvalue weighted by molar-refractivity contribution is 6.30. The van der Waals surface area contributed by atoms with Gasteiger partial charge < -0.3 is 4.74 Å². The van der Waals surface area contributed by atoms with E-state index < -0.39 is 0 Å². The van der Waals surface area contributed by atoms with Crippen molar-refractivity contribution in [2.45, 2.75) is 32.0 Å². The molecule has 0 radical (unpaired) electrons. The minimum atomic E-state index is 0.601. The molecule has 25 heavy (non-hydrogen) atoms. The monoisotopic (exact) mass is 352 g/mol. The number of fused-ring (bicyclic) bond motifs is 1. The van der Waals surface area contributed by atoms with E-state index in [1.807, 2.05) is 30.3 Å². The van der Waals surface area contributed by atoms with Gasteiger partial charge in [-0.25, -0.2) is 4.98 Å². The van der Waals surface area contributed by atoms with Crippen LogP contribution in [0.4, 0.5) is 0 Å². The van der Waals surface area contributed by atoms with Crippen LogP contribution < -0.4 is 4.74 Å². The molecule has 2 aromatic carbocycles. The predicted molar refractivity (Wildman–Crippen MR) is 102 cm³/mol. The Morgan fingerprint density at radius 2 is 1.76 bits per heavy atom. The van der Waals surface area contributed by atoms with Gasteiger partial charge in [0.2, 0.25) is 0 Å². The molecule has 0 aliphatic heterocycles. The zero-order chi connectivity index (χ0) is 17.2. The standard InChI is InChI=1S/C21H21ClN2O/c1-25-20-9-5-3-7-16(20)13-24(18-10-11-18)14-17-12-15-6-2-4-8-19(15)23-21(17)22/h2-9,12,18H,10-11,13-14H2,1H3. The molecule has 128 valence electrons. The summed E-state index contributed by atoms with van der Waals surface area (Å²) < 4.78 is 5.51. The molecule has 1 heterocycles. The van der Waals surface area contributed by atoms with Gasteiger partial charge in [0.05, 0.1) is 12.6 Å². The van der Waals surface area contributed by atoms with Crippen LogP contribution in [0.2, 0.25) is 5.15 Å². The second kappa shape index (κ2) is 7.03. The number of para-hydroxylation sites is 2. The van der Waals surface area contributed by atoms with E-state index in [2.05, 4.69) is 34.1 Å². The minimum Gasteiger partial charge on any atom is -0.496 e. The Balaban J connectivity index is 1.61. The normalized spacial score (nSPS) is 14.2. The maximum absolute atomic E-state index is 6.47. The summed E-state index contributed by atoms with van der Waals surface area (Å²) in [5, 5.41) is 1.74. The van der Waals surface area contributed by atoms with Crippen molar-refractivity contribution in [3.63, 3.8) is 0 Å². The molecule has 4 heteroatoms. The molecular formula is C21H21ClN2O. The van der Waals surface area contributed by atoms with Gasteiger partial charge in [0, 0.05) is 35.6 Å². The first-order valence-corrected chi connectivity index (χ1v) is 9.02. The fourth-order valence-electron chi connectivity index (χ4n) is 3.27. The third kappa shape index (κ3) is 3.63. The molecule has 0 atom stereocenters. The highest BCUT2D eigenvalue weighted by atomic mass is 35.5. The molecule has 1 saturated carbocycles. The van der Waals surface area contributed by atoms with Crippen LogP contribution >= 0.6 is 11.6 Å². The molecule has 3 nitrogen and oxygen atoms in total. The summed E-state index contributed by atoms with van der Waals surface area (Å²) in [5.41, 5.74) is 3.24. The second-order valence-corrected chi connectivity index (χ2v) is 6.94. The maximum Gasteiger partial charge on any atom is 0.134 e. The Labute approximate surface area is 153 Å². The molecule has 0 bridgehead atoms. The summed E-state index contributed by atoms with van der Waals surface area (Å²) in [5.74, 6) is 0.941. The number of halogens is 1. The third-order valence-corrected chi connectivity index (χ3v) is 5.08. The Morgan fingerprint density at radius 3 is 2.56 bits per heavy atom. The fraction of sp³-hybridized carbons (Fsp3) is 0.286. The Kier molecular flexibility index (Phi) is 4.60. The van der Waals surface area contributed by atoms with Gasteiger partial charge in [0.15, 0.2) is 0 Å². The van der Waals surface area contributed by atoms with Crippen LogP contribution in [0.15, 0.2) is 54.6 Å². The summed E-state index contributed by atoms with van der Waals surface area (Å²) in [6.07, 6.45) is 2.49. The van der Waals surface area contributed by atoms with Crippen LogP contribution in [-0.4, -0.2) is 23.0 Å². The molecule has 0 N–H and O–H groups in total. The molecule has 4 rings (SSSR count). The largest absolute Gasteiger partial charge is 0.496 e. The quantitative estimate of drug-likeness (QED) is 0.580. The zero-order valence-electron chi connectivity index (χ0n) is 14.3. The van der Waals surface area contributed by atoms with Crippen LogP contribution in [0.5, 0.6) is 5.75 Å². The Morgan fingerprint density at radius 1 is 1.04 bits per heavy atom. The van der Waals surface area contributed by atoms with E-state index in [1.165, 1.54) is 18.4 Å². The van der Waals surface area contributed by atoms with Gasteiger partial charge >= 0.3 is 0 Å². The van der Waals surface area contributed by atoms with Crippen LogP contribution in [0.3, 0.4) is 0 Å². The second-order valence-electron chi connectivity index (χ2n) is 6.58. The number of rotatable bonds is 6. The fourth-order valence-corrected chi connectivity index (χ4v) is 3.48. The van der Waals surface area contributed by atoms with Crippen molar-refractivity contribution >= 4 is 22.5 Å². The first-order valence-electron chi connectivity index (χ1n) is 8.64. The number of ether oxygens (including phenoxy) is 1. The summed E-state index contributed by atoms with van der Waals surface area (Å²) in [4.78, 5) is 7.04. The summed E-state index contributed by atoms with van der Waals surface area (Å²) in [7, 11) is 1.73. The van der Waals surface area contributed by atoms with Gasteiger partial charge in [-0.1, -0.05) is 48.0 Å². The lowest BCUT2D eigenvalue weighted by atomic mass is 10.1. The van der Waals surface area contributed by atoms with Crippen molar-refractivity contribution in [2.75, 3.05) is 7.11 Å². The average Bonchev–Trinajstić information content (AvgIpc) is 3.47. The highest BCUT2D eigenvalue weighted by Gasteiger charge is 2.30. The molecule has 1 aromatic heterocycles. The summed E-state index contributed by atoms with van der Waals surface area (Å²) in [6, 6.07) is 19.1. The molecule has 0 saturated heterocycles. The van der Waals surface area contributed by atoms with Crippen LogP contribution in [0.25, 0.3) is 10.9 Å². The molecule has 3 aromatic rings. The molecule has 1 aliphatic rings. The van der Waals surface area contributed by atoms with E-state index in [4.69, 9.17) is 16.3 Å². The van der Waals surface area contributed by atoms with Crippen molar-refractivity contribution < 1.29 is 4.74 Å². The van der Waals surface area contributed by atoms with Gasteiger partial charge in [0.1, 0.15) is 10.9 Å². The zero-order valence-corrected chi connectivity index (χ0v) is 15.0. The number of nitrogens with zero attached hydrogens (tertiary/aromatic N) is 2. The van der Waals surface area contributed by atoms with E-state index in [-0.39, 0.29) is 0 Å². The summed E-state index contributed by atoms with van der Waals surface area (Å²) >= 11 is 6.47. The van der Waals surface area contributed by atoms with Crippen molar-refractivity contribution in [1.82, 2.24) is 9.88 Å². The van der Waals surface area contributed by atoms with Crippen molar-refractivity contribution in [3.05, 3.63) is 70.9 Å². The maximum atomic E-state index is 6.47. The van der Waals surface area contributed by atoms with Gasteiger partial charge in [-0.3, -0.25) is 4.90 Å². The number of hydrogen-bond donors (Lipinski definition) is 0. The van der Waals surface area contributed by atoms with E-state index in [9.17, 15) is 0 Å². The van der Waals surface area contributed by atoms with Crippen LogP contribution in [0.1, 0.15) is 24.0 Å². The number of methoxy groups -OCH3 is 1. The Hall–Kier alpha value is -2.10. The minimum absolute atomic E-state index is 0.601. The first kappa shape index (κ1) is 16.4. The average molecular weight is 353 g/mol. The predicted octanol–water partition coefficient (Wildman–Crippen LogP) is 5.06. The van der Waals surface area contributed by atoms with E-state index in [0.717, 1.165) is 35.3 Å². The van der Waals surface area contributed by atoms with Gasteiger partial charge in [-0.2, -0.15) is 0 Å². The van der Waals surface area contributed by atoms with Crippen molar-refractivity contribution in [3.8, 4) is 5.75 Å². The van der Waals surface area contributed by atoms with Gasteiger partial charge in [-0.15, -0.1) is 0 Å². The molecule has 0 unspecified atom stereocenters. The topological polar surface area (TPSA) is 25.4 Å². The molecule has 1 fully saturated rings. The van der Waals surface area contributed by atoms with Crippen LogP contribution in [0, 0.1) is 0 Å². The van der Waals surface area contributed by atoms with Gasteiger partial charge in [0.25, 0.3) is 0 Å². The molecule has 0 amide bonds. The highest BCUT2D eigenvalue weighted by Crippen LogP contribution is 2.33. The Bertz CT molecular complexity index is 892. The van der Waals surface area contributed by atoms with Gasteiger partial charge in [-0.05, 0) is 31.0 Å². The van der Waals surface area contributed by atoms with Crippen molar-refractivity contribution in [1.29, 1.82) is 0 Å². The third-order valence-electron chi connectivity index (χ3n) is 4.75. The number of hydrogen-bond acceptors (Lipinski definition) is 3. The number of benzene rings is 2. The van der Waals surface area contributed by atoms with E-state index >= 15 is 0 Å². The van der Waals surface area contributed by atoms with Crippen LogP contribution in [-0.2, 0) is 13.1 Å². The summed E-state index contributed by atoms with van der Waals surface area (Å²) in [6.45, 7) is 1.66. The lowest BCUT2D eigenvalue weighted by Crippen LogP contribution is -2.25. The van der Waals surface area contributed by atoms with E-state index in [1.54, 1.807) is 7.11 Å². The molecule has 0 spiro atoms. The first-order chi connectivity index (χ1) is 12.2. The van der Waals surface area contributed by atoms with E-state index in [0.29, 0.717) is 11.2 Å². The molecular weight excluding hydrogens is 332 g/mol. The lowest BCUT2D eigenvalue weighted by Gasteiger charge is -2.23. The lowest BCUT2D eigenvalue weighted by molar-refractivity contribution is 0.241. The SMILES string of the molecule is COc1ccccc1CN(Cc1cc2ccccc2nc1Cl)C1CC1. The number of pyridine rings is 1. The number of aromatic nitrogens is 1.